The largest absolute Gasteiger partial charge is 0.508 e. The van der Waals surface area contributed by atoms with E-state index >= 15 is 0 Å². The van der Waals surface area contributed by atoms with E-state index in [4.69, 9.17) is 23.7 Å². The van der Waals surface area contributed by atoms with E-state index in [1.165, 1.54) is 0 Å². The first-order valence-electron chi connectivity index (χ1n) is 10.5. The maximum Gasteiger partial charge on any atom is 0.188 e. The van der Waals surface area contributed by atoms with Gasteiger partial charge in [0.25, 0.3) is 0 Å². The minimum atomic E-state index is -0.349. The first-order valence-corrected chi connectivity index (χ1v) is 10.5. The molecule has 6 nitrogen and oxygen atoms in total. The average Bonchev–Trinajstić information content (AvgIpc) is 2.82. The first kappa shape index (κ1) is 22.0. The summed E-state index contributed by atoms with van der Waals surface area (Å²) in [5.74, 6) is 2.45. The molecule has 0 aliphatic carbocycles. The monoisotopic (exact) mass is 436 g/mol. The lowest BCUT2D eigenvalue weighted by Crippen LogP contribution is -2.39. The van der Waals surface area contributed by atoms with E-state index in [1.807, 2.05) is 42.5 Å². The van der Waals surface area contributed by atoms with Gasteiger partial charge in [-0.15, -0.1) is 0 Å². The number of benzene rings is 3. The first-order chi connectivity index (χ1) is 15.5. The maximum atomic E-state index is 9.79. The highest BCUT2D eigenvalue weighted by Crippen LogP contribution is 2.49. The minimum absolute atomic E-state index is 0.176. The van der Waals surface area contributed by atoms with Gasteiger partial charge >= 0.3 is 0 Å². The Labute approximate surface area is 188 Å². The third kappa shape index (κ3) is 4.52. The van der Waals surface area contributed by atoms with Crippen LogP contribution in [-0.2, 0) is 21.3 Å². The molecule has 3 aromatic rings. The molecule has 0 aromatic heterocycles. The van der Waals surface area contributed by atoms with Gasteiger partial charge in [-0.25, -0.2) is 0 Å². The molecule has 0 amide bonds. The van der Waals surface area contributed by atoms with Crippen LogP contribution in [-0.4, -0.2) is 32.9 Å². The average molecular weight is 437 g/mol. The van der Waals surface area contributed by atoms with Crippen LogP contribution in [0.3, 0.4) is 0 Å². The van der Waals surface area contributed by atoms with E-state index in [-0.39, 0.29) is 30.9 Å². The van der Waals surface area contributed by atoms with Crippen molar-refractivity contribution < 1.29 is 28.8 Å². The lowest BCUT2D eigenvalue weighted by molar-refractivity contribution is 0.0497. The highest BCUT2D eigenvalue weighted by Gasteiger charge is 2.43. The second kappa shape index (κ2) is 9.51. The lowest BCUT2D eigenvalue weighted by atomic mass is 9.69. The summed E-state index contributed by atoms with van der Waals surface area (Å²) < 4.78 is 27.7. The number of hydrogen-bond donors (Lipinski definition) is 1. The molecule has 1 aliphatic heterocycles. The number of phenols is 1. The zero-order valence-corrected chi connectivity index (χ0v) is 18.5. The van der Waals surface area contributed by atoms with Crippen molar-refractivity contribution in [3.8, 4) is 23.0 Å². The molecule has 168 valence electrons. The van der Waals surface area contributed by atoms with E-state index < -0.39 is 0 Å². The van der Waals surface area contributed by atoms with Gasteiger partial charge in [0.1, 0.15) is 29.1 Å². The van der Waals surface area contributed by atoms with Gasteiger partial charge in [-0.1, -0.05) is 37.3 Å². The Hall–Kier alpha value is -3.22. The summed E-state index contributed by atoms with van der Waals surface area (Å²) in [6.45, 7) is 2.58. The predicted octanol–water partition coefficient (Wildman–Crippen LogP) is 4.99. The third-order valence-corrected chi connectivity index (χ3v) is 5.82. The van der Waals surface area contributed by atoms with Crippen LogP contribution >= 0.6 is 0 Å². The number of fused-ring (bicyclic) bond motifs is 1. The summed E-state index contributed by atoms with van der Waals surface area (Å²) in [5.41, 5.74) is 2.87. The van der Waals surface area contributed by atoms with Crippen LogP contribution < -0.4 is 14.2 Å². The molecule has 1 N–H and O–H groups in total. The van der Waals surface area contributed by atoms with Crippen molar-refractivity contribution in [3.63, 3.8) is 0 Å². The fourth-order valence-electron chi connectivity index (χ4n) is 4.15. The van der Waals surface area contributed by atoms with Crippen molar-refractivity contribution in [3.05, 3.63) is 83.4 Å². The van der Waals surface area contributed by atoms with Crippen LogP contribution in [0.4, 0.5) is 0 Å². The Morgan fingerprint density at radius 2 is 1.50 bits per heavy atom. The van der Waals surface area contributed by atoms with Crippen LogP contribution in [0.5, 0.6) is 23.0 Å². The molecule has 0 saturated heterocycles. The zero-order valence-electron chi connectivity index (χ0n) is 18.5. The summed E-state index contributed by atoms with van der Waals surface area (Å²) in [5, 5.41) is 9.79. The number of methoxy groups -OCH3 is 2. The summed E-state index contributed by atoms with van der Waals surface area (Å²) in [4.78, 5) is 0. The molecule has 0 radical (unpaired) electrons. The molecule has 0 fully saturated rings. The molecule has 0 saturated carbocycles. The second-order valence-electron chi connectivity index (χ2n) is 8.08. The number of hydrogen-bond acceptors (Lipinski definition) is 6. The quantitative estimate of drug-likeness (QED) is 0.502. The molecular formula is C26H28O6. The predicted molar refractivity (Wildman–Crippen MR) is 120 cm³/mol. The number of ether oxygens (including phenoxy) is 5. The molecule has 2 unspecified atom stereocenters. The topological polar surface area (TPSA) is 66.4 Å². The minimum Gasteiger partial charge on any atom is -0.508 e. The van der Waals surface area contributed by atoms with Crippen molar-refractivity contribution in [2.75, 3.05) is 27.8 Å². The highest BCUT2D eigenvalue weighted by molar-refractivity contribution is 5.48. The van der Waals surface area contributed by atoms with E-state index in [9.17, 15) is 5.11 Å². The van der Waals surface area contributed by atoms with E-state index in [0.717, 1.165) is 34.6 Å². The number of phenolic OH excluding ortho intramolecular Hbond substituents is 1. The Bertz CT molecular complexity index is 1030. The van der Waals surface area contributed by atoms with Gasteiger partial charge in [0.2, 0.25) is 0 Å². The van der Waals surface area contributed by atoms with Crippen LogP contribution in [0.1, 0.15) is 29.7 Å². The van der Waals surface area contributed by atoms with Crippen molar-refractivity contribution in [2.24, 2.45) is 0 Å². The SMILES string of the molecule is COCOc1ccc(C2(C)Cc3ccc(OCOC)cc3OC2c2ccc(O)cc2)cc1. The molecule has 3 aromatic carbocycles. The Morgan fingerprint density at radius 1 is 0.875 bits per heavy atom. The molecule has 0 bridgehead atoms. The molecule has 2 atom stereocenters. The van der Waals surface area contributed by atoms with Crippen LogP contribution in [0.25, 0.3) is 0 Å². The van der Waals surface area contributed by atoms with Crippen LogP contribution in [0.2, 0.25) is 0 Å². The van der Waals surface area contributed by atoms with Gasteiger partial charge in [0.05, 0.1) is 0 Å². The van der Waals surface area contributed by atoms with Crippen molar-refractivity contribution in [2.45, 2.75) is 24.9 Å². The summed E-state index contributed by atoms with van der Waals surface area (Å²) >= 11 is 0. The summed E-state index contributed by atoms with van der Waals surface area (Å²) in [7, 11) is 3.19. The van der Waals surface area contributed by atoms with Gasteiger partial charge in [-0.05, 0) is 53.4 Å². The standard InChI is InChI=1S/C26H28O6/c1-26(20-7-12-22(13-8-20)30-16-28-2)15-19-6-11-23(31-17-29-3)14-24(19)32-25(26)18-4-9-21(27)10-5-18/h4-14,25,27H,15-17H2,1-3H3. The molecule has 4 rings (SSSR count). The molecule has 6 heteroatoms. The molecule has 1 heterocycles. The zero-order chi connectivity index (χ0) is 22.6. The van der Waals surface area contributed by atoms with Gasteiger partial charge in [0.15, 0.2) is 13.6 Å². The Kier molecular flexibility index (Phi) is 6.53. The fraction of sp³-hybridized carbons (Fsp3) is 0.308. The van der Waals surface area contributed by atoms with Gasteiger partial charge < -0.3 is 28.8 Å². The lowest BCUT2D eigenvalue weighted by Gasteiger charge is -2.43. The van der Waals surface area contributed by atoms with E-state index in [2.05, 4.69) is 19.1 Å². The molecular weight excluding hydrogens is 408 g/mol. The van der Waals surface area contributed by atoms with Gasteiger partial charge in [-0.2, -0.15) is 0 Å². The summed E-state index contributed by atoms with van der Waals surface area (Å²) in [6, 6.07) is 21.1. The summed E-state index contributed by atoms with van der Waals surface area (Å²) in [6.07, 6.45) is 0.510. The van der Waals surface area contributed by atoms with Crippen molar-refractivity contribution in [1.29, 1.82) is 0 Å². The molecule has 0 spiro atoms. The highest BCUT2D eigenvalue weighted by atomic mass is 16.7. The van der Waals surface area contributed by atoms with Crippen LogP contribution in [0.15, 0.2) is 66.7 Å². The smallest absolute Gasteiger partial charge is 0.188 e. The Balaban J connectivity index is 1.72. The van der Waals surface area contributed by atoms with Crippen molar-refractivity contribution in [1.82, 2.24) is 0 Å². The van der Waals surface area contributed by atoms with E-state index in [0.29, 0.717) is 5.75 Å². The molecule has 32 heavy (non-hydrogen) atoms. The van der Waals surface area contributed by atoms with Crippen LogP contribution in [0, 0.1) is 0 Å². The second-order valence-corrected chi connectivity index (χ2v) is 8.08. The van der Waals surface area contributed by atoms with Crippen molar-refractivity contribution >= 4 is 0 Å². The molecule has 1 aliphatic rings. The maximum absolute atomic E-state index is 9.79. The van der Waals surface area contributed by atoms with E-state index in [1.54, 1.807) is 26.4 Å². The van der Waals surface area contributed by atoms with Gasteiger partial charge in [0, 0.05) is 25.7 Å². The fourth-order valence-corrected chi connectivity index (χ4v) is 4.15. The third-order valence-electron chi connectivity index (χ3n) is 5.82. The normalized spacial score (nSPS) is 19.7. The number of aromatic hydroxyl groups is 1. The van der Waals surface area contributed by atoms with Gasteiger partial charge in [-0.3, -0.25) is 0 Å². The Morgan fingerprint density at radius 3 is 2.16 bits per heavy atom. The number of rotatable bonds is 8.